The molecule has 2 atom stereocenters. The molecule has 1 heterocycles. The van der Waals surface area contributed by atoms with E-state index in [4.69, 9.17) is 14.2 Å². The lowest BCUT2D eigenvalue weighted by Gasteiger charge is -2.18. The highest BCUT2D eigenvalue weighted by molar-refractivity contribution is 5.14. The molecule has 5 nitrogen and oxygen atoms in total. The highest BCUT2D eigenvalue weighted by Crippen LogP contribution is 2.22. The van der Waals surface area contributed by atoms with Crippen LogP contribution in [0.4, 0.5) is 0 Å². The molecule has 2 unspecified atom stereocenters. The molecule has 0 aliphatic carbocycles. The van der Waals surface area contributed by atoms with E-state index in [9.17, 15) is 5.11 Å². The molecular weight excluding hydrogens is 270 g/mol. The van der Waals surface area contributed by atoms with Crippen LogP contribution in [0.3, 0.4) is 0 Å². The van der Waals surface area contributed by atoms with Gasteiger partial charge in [-0.05, 0) is 19.4 Å². The van der Waals surface area contributed by atoms with E-state index in [0.717, 1.165) is 6.54 Å². The van der Waals surface area contributed by atoms with Gasteiger partial charge in [-0.3, -0.25) is 0 Å². The Morgan fingerprint density at radius 3 is 2.81 bits per heavy atom. The van der Waals surface area contributed by atoms with Crippen molar-refractivity contribution in [2.75, 3.05) is 26.4 Å². The number of rotatable bonds is 8. The minimum Gasteiger partial charge on any atom is -0.389 e. The van der Waals surface area contributed by atoms with Gasteiger partial charge in [-0.25, -0.2) is 0 Å². The molecule has 1 aromatic carbocycles. The molecule has 1 fully saturated rings. The summed E-state index contributed by atoms with van der Waals surface area (Å²) in [5, 5.41) is 13.1. The molecule has 1 aliphatic rings. The lowest BCUT2D eigenvalue weighted by Crippen LogP contribution is -2.32. The zero-order valence-electron chi connectivity index (χ0n) is 12.7. The van der Waals surface area contributed by atoms with Gasteiger partial charge in [0.25, 0.3) is 0 Å². The van der Waals surface area contributed by atoms with Gasteiger partial charge >= 0.3 is 0 Å². The van der Waals surface area contributed by atoms with E-state index in [2.05, 4.69) is 17.4 Å². The Hall–Kier alpha value is -0.980. The zero-order valence-corrected chi connectivity index (χ0v) is 12.7. The first-order valence-corrected chi connectivity index (χ1v) is 7.37. The Kier molecular flexibility index (Phi) is 6.14. The summed E-state index contributed by atoms with van der Waals surface area (Å²) in [6.07, 6.45) is -0.575. The van der Waals surface area contributed by atoms with Gasteiger partial charge in [-0.15, -0.1) is 0 Å². The lowest BCUT2D eigenvalue weighted by molar-refractivity contribution is -0.146. The molecule has 2 N–H and O–H groups in total. The van der Waals surface area contributed by atoms with Crippen LogP contribution in [0.25, 0.3) is 0 Å². The van der Waals surface area contributed by atoms with Gasteiger partial charge in [-0.2, -0.15) is 0 Å². The second-order valence-corrected chi connectivity index (χ2v) is 5.76. The second-order valence-electron chi connectivity index (χ2n) is 5.76. The number of ether oxygens (including phenoxy) is 3. The first-order chi connectivity index (χ1) is 10.1. The van der Waals surface area contributed by atoms with Crippen molar-refractivity contribution in [3.63, 3.8) is 0 Å². The fourth-order valence-corrected chi connectivity index (χ4v) is 2.22. The standard InChI is InChI=1S/C16H25NO4/c1-16(2)20-12-15(21-16)11-19-10-14(18)9-17-8-13-6-4-3-5-7-13/h3-7,14-15,17-18H,8-12H2,1-2H3. The van der Waals surface area contributed by atoms with Crippen LogP contribution in [0, 0.1) is 0 Å². The van der Waals surface area contributed by atoms with Crippen LogP contribution >= 0.6 is 0 Å². The molecule has 0 saturated carbocycles. The molecule has 5 heteroatoms. The van der Waals surface area contributed by atoms with Crippen LogP contribution in [0.1, 0.15) is 19.4 Å². The fraction of sp³-hybridized carbons (Fsp3) is 0.625. The van der Waals surface area contributed by atoms with Crippen molar-refractivity contribution >= 4 is 0 Å². The molecule has 0 aromatic heterocycles. The average Bonchev–Trinajstić information content (AvgIpc) is 2.79. The molecule has 1 aromatic rings. The number of benzene rings is 1. The quantitative estimate of drug-likeness (QED) is 0.757. The molecule has 0 amide bonds. The summed E-state index contributed by atoms with van der Waals surface area (Å²) in [4.78, 5) is 0. The second kappa shape index (κ2) is 7.87. The SMILES string of the molecule is CC1(C)OCC(COCC(O)CNCc2ccccc2)O1. The molecule has 21 heavy (non-hydrogen) atoms. The van der Waals surface area contributed by atoms with Crippen LogP contribution < -0.4 is 5.32 Å². The van der Waals surface area contributed by atoms with Crippen molar-refractivity contribution in [2.24, 2.45) is 0 Å². The molecule has 2 rings (SSSR count). The summed E-state index contributed by atoms with van der Waals surface area (Å²) in [5.41, 5.74) is 1.20. The maximum Gasteiger partial charge on any atom is 0.163 e. The topological polar surface area (TPSA) is 60.0 Å². The highest BCUT2D eigenvalue weighted by Gasteiger charge is 2.32. The number of hydrogen-bond donors (Lipinski definition) is 2. The monoisotopic (exact) mass is 295 g/mol. The van der Waals surface area contributed by atoms with Crippen molar-refractivity contribution in [3.05, 3.63) is 35.9 Å². The first-order valence-electron chi connectivity index (χ1n) is 7.37. The Balaban J connectivity index is 1.53. The van der Waals surface area contributed by atoms with Crippen molar-refractivity contribution in [2.45, 2.75) is 38.4 Å². The highest BCUT2D eigenvalue weighted by atomic mass is 16.7. The van der Waals surface area contributed by atoms with E-state index < -0.39 is 11.9 Å². The average molecular weight is 295 g/mol. The van der Waals surface area contributed by atoms with Gasteiger partial charge < -0.3 is 24.6 Å². The Labute approximate surface area is 126 Å². The first kappa shape index (κ1) is 16.4. The summed E-state index contributed by atoms with van der Waals surface area (Å²) in [5.74, 6) is -0.524. The molecule has 1 saturated heterocycles. The number of aliphatic hydroxyl groups excluding tert-OH is 1. The van der Waals surface area contributed by atoms with Gasteiger partial charge in [0.15, 0.2) is 5.79 Å². The summed E-state index contributed by atoms with van der Waals surface area (Å²) >= 11 is 0. The molecule has 0 spiro atoms. The summed E-state index contributed by atoms with van der Waals surface area (Å²) < 4.78 is 16.6. The van der Waals surface area contributed by atoms with Crippen molar-refractivity contribution < 1.29 is 19.3 Å². The largest absolute Gasteiger partial charge is 0.389 e. The van der Waals surface area contributed by atoms with Crippen LogP contribution in [0.15, 0.2) is 30.3 Å². The third-order valence-corrected chi connectivity index (χ3v) is 3.23. The van der Waals surface area contributed by atoms with Gasteiger partial charge in [-0.1, -0.05) is 30.3 Å². The van der Waals surface area contributed by atoms with E-state index in [1.54, 1.807) is 0 Å². The minimum absolute atomic E-state index is 0.0514. The van der Waals surface area contributed by atoms with Gasteiger partial charge in [0.2, 0.25) is 0 Å². The maximum atomic E-state index is 9.84. The smallest absolute Gasteiger partial charge is 0.163 e. The van der Waals surface area contributed by atoms with Crippen molar-refractivity contribution in [1.29, 1.82) is 0 Å². The van der Waals surface area contributed by atoms with E-state index >= 15 is 0 Å². The van der Waals surface area contributed by atoms with E-state index in [1.165, 1.54) is 5.56 Å². The number of nitrogens with one attached hydrogen (secondary N) is 1. The molecule has 0 bridgehead atoms. The summed E-state index contributed by atoms with van der Waals surface area (Å²) in [7, 11) is 0. The van der Waals surface area contributed by atoms with E-state index in [0.29, 0.717) is 26.4 Å². The van der Waals surface area contributed by atoms with Gasteiger partial charge in [0, 0.05) is 13.1 Å². The molecule has 118 valence electrons. The fourth-order valence-electron chi connectivity index (χ4n) is 2.22. The number of hydrogen-bond acceptors (Lipinski definition) is 5. The zero-order chi connectivity index (χ0) is 15.1. The van der Waals surface area contributed by atoms with E-state index in [-0.39, 0.29) is 6.10 Å². The predicted octanol–water partition coefficient (Wildman–Crippen LogP) is 1.31. The maximum absolute atomic E-state index is 9.84. The van der Waals surface area contributed by atoms with Crippen LogP contribution in [-0.4, -0.2) is 49.5 Å². The third-order valence-electron chi connectivity index (χ3n) is 3.23. The molecule has 1 aliphatic heterocycles. The summed E-state index contributed by atoms with van der Waals surface area (Å²) in [6.45, 7) is 6.29. The molecule has 0 radical (unpaired) electrons. The van der Waals surface area contributed by atoms with E-state index in [1.807, 2.05) is 32.0 Å². The van der Waals surface area contributed by atoms with Gasteiger partial charge in [0.05, 0.1) is 25.9 Å². The van der Waals surface area contributed by atoms with Crippen molar-refractivity contribution in [1.82, 2.24) is 5.32 Å². The Morgan fingerprint density at radius 1 is 1.38 bits per heavy atom. The molecular formula is C16H25NO4. The van der Waals surface area contributed by atoms with Crippen LogP contribution in [-0.2, 0) is 20.8 Å². The van der Waals surface area contributed by atoms with Crippen LogP contribution in [0.5, 0.6) is 0 Å². The lowest BCUT2D eigenvalue weighted by atomic mass is 10.2. The van der Waals surface area contributed by atoms with Crippen LogP contribution in [0.2, 0.25) is 0 Å². The third kappa shape index (κ3) is 6.11. The Morgan fingerprint density at radius 2 is 2.14 bits per heavy atom. The minimum atomic E-state index is -0.524. The normalized spacial score (nSPS) is 22.3. The van der Waals surface area contributed by atoms with Gasteiger partial charge in [0.1, 0.15) is 6.10 Å². The number of aliphatic hydroxyl groups is 1. The Bertz CT molecular complexity index is 410. The summed E-state index contributed by atoms with van der Waals surface area (Å²) in [6, 6.07) is 10.1. The predicted molar refractivity (Wildman–Crippen MR) is 79.9 cm³/mol. The van der Waals surface area contributed by atoms with Crippen molar-refractivity contribution in [3.8, 4) is 0 Å².